The van der Waals surface area contributed by atoms with E-state index in [1.807, 2.05) is 19.9 Å². The van der Waals surface area contributed by atoms with Crippen LogP contribution in [-0.4, -0.2) is 31.2 Å². The molecule has 0 saturated heterocycles. The zero-order valence-corrected chi connectivity index (χ0v) is 12.1. The number of fused-ring (bicyclic) bond motifs is 1. The van der Waals surface area contributed by atoms with Crippen molar-refractivity contribution >= 4 is 0 Å². The molecule has 0 fully saturated rings. The zero-order valence-electron chi connectivity index (χ0n) is 12.1. The maximum Gasteiger partial charge on any atom is 0.231 e. The molecule has 0 unspecified atom stereocenters. The van der Waals surface area contributed by atoms with Crippen LogP contribution >= 0.6 is 0 Å². The number of unbranched alkanes of at least 4 members (excludes halogenated alkanes) is 1. The highest BCUT2D eigenvalue weighted by atomic mass is 16.7. The first kappa shape index (κ1) is 14.9. The van der Waals surface area contributed by atoms with Gasteiger partial charge in [-0.25, -0.2) is 0 Å². The maximum atomic E-state index is 9.88. The Balaban J connectivity index is 1.67. The first-order valence-electron chi connectivity index (χ1n) is 7.10. The van der Waals surface area contributed by atoms with Gasteiger partial charge in [-0.15, -0.1) is 0 Å². The van der Waals surface area contributed by atoms with Crippen molar-refractivity contribution in [2.75, 3.05) is 19.9 Å². The van der Waals surface area contributed by atoms with E-state index in [0.717, 1.165) is 31.6 Å². The molecule has 0 saturated carbocycles. The van der Waals surface area contributed by atoms with Crippen molar-refractivity contribution in [3.05, 3.63) is 17.7 Å². The molecule has 0 spiro atoms. The largest absolute Gasteiger partial charge is 0.507 e. The molecule has 2 N–H and O–H groups in total. The maximum absolute atomic E-state index is 9.88. The van der Waals surface area contributed by atoms with Gasteiger partial charge in [-0.1, -0.05) is 0 Å². The van der Waals surface area contributed by atoms with Gasteiger partial charge in [0.05, 0.1) is 6.10 Å². The van der Waals surface area contributed by atoms with Crippen LogP contribution in [0.15, 0.2) is 12.1 Å². The smallest absolute Gasteiger partial charge is 0.231 e. The van der Waals surface area contributed by atoms with Crippen molar-refractivity contribution in [1.82, 2.24) is 5.32 Å². The number of hydrogen-bond donors (Lipinski definition) is 2. The van der Waals surface area contributed by atoms with E-state index in [-0.39, 0.29) is 12.5 Å². The molecular formula is C15H23NO4. The second kappa shape index (κ2) is 7.36. The molecule has 5 heteroatoms. The second-order valence-corrected chi connectivity index (χ2v) is 5.14. The lowest BCUT2D eigenvalue weighted by molar-refractivity contribution is 0.0760. The fourth-order valence-electron chi connectivity index (χ4n) is 2.01. The van der Waals surface area contributed by atoms with Crippen LogP contribution in [0, 0.1) is 0 Å². The Morgan fingerprint density at radius 3 is 2.75 bits per heavy atom. The van der Waals surface area contributed by atoms with Crippen molar-refractivity contribution in [1.29, 1.82) is 0 Å². The Hall–Kier alpha value is -1.46. The molecule has 1 heterocycles. The molecule has 1 aromatic carbocycles. The van der Waals surface area contributed by atoms with E-state index in [9.17, 15) is 5.11 Å². The van der Waals surface area contributed by atoms with Crippen molar-refractivity contribution in [3.63, 3.8) is 0 Å². The molecule has 0 bridgehead atoms. The molecule has 112 valence electrons. The average molecular weight is 281 g/mol. The van der Waals surface area contributed by atoms with Gasteiger partial charge in [0.25, 0.3) is 0 Å². The minimum Gasteiger partial charge on any atom is -0.507 e. The summed E-state index contributed by atoms with van der Waals surface area (Å²) < 4.78 is 16.0. The number of nitrogens with one attached hydrogen (secondary N) is 1. The van der Waals surface area contributed by atoms with Gasteiger partial charge in [-0.3, -0.25) is 0 Å². The Labute approximate surface area is 119 Å². The number of phenolic OH excluding ortho intramolecular Hbond substituents is 1. The molecule has 0 amide bonds. The van der Waals surface area contributed by atoms with Gasteiger partial charge < -0.3 is 24.6 Å². The highest BCUT2D eigenvalue weighted by Gasteiger charge is 2.16. The van der Waals surface area contributed by atoms with Gasteiger partial charge in [0.2, 0.25) is 6.79 Å². The minimum atomic E-state index is 0.224. The van der Waals surface area contributed by atoms with E-state index in [4.69, 9.17) is 14.2 Å². The number of aromatic hydroxyl groups is 1. The summed E-state index contributed by atoms with van der Waals surface area (Å²) in [6, 6.07) is 3.43. The molecule has 0 aromatic heterocycles. The number of ether oxygens (including phenoxy) is 3. The molecule has 0 aliphatic carbocycles. The molecular weight excluding hydrogens is 258 g/mol. The van der Waals surface area contributed by atoms with Crippen molar-refractivity contribution in [2.45, 2.75) is 39.3 Å². The van der Waals surface area contributed by atoms with E-state index in [1.165, 1.54) is 0 Å². The normalized spacial score (nSPS) is 13.2. The van der Waals surface area contributed by atoms with E-state index in [0.29, 0.717) is 24.1 Å². The van der Waals surface area contributed by atoms with Gasteiger partial charge in [0, 0.05) is 24.8 Å². The van der Waals surface area contributed by atoms with Gasteiger partial charge in [0.1, 0.15) is 5.75 Å². The van der Waals surface area contributed by atoms with Crippen molar-refractivity contribution in [3.8, 4) is 17.2 Å². The predicted octanol–water partition coefficient (Wildman–Crippen LogP) is 2.42. The standard InChI is InChI=1S/C15H23NO4/c1-11(2)18-6-4-3-5-16-9-12-7-14-15(8-13(12)17)20-10-19-14/h7-8,11,16-17H,3-6,9-10H2,1-2H3. The van der Waals surface area contributed by atoms with Crippen LogP contribution in [0.25, 0.3) is 0 Å². The number of phenols is 1. The van der Waals surface area contributed by atoms with Crippen LogP contribution < -0.4 is 14.8 Å². The van der Waals surface area contributed by atoms with E-state index < -0.39 is 0 Å². The van der Waals surface area contributed by atoms with E-state index in [2.05, 4.69) is 5.32 Å². The molecule has 0 radical (unpaired) electrons. The average Bonchev–Trinajstić information content (AvgIpc) is 2.84. The topological polar surface area (TPSA) is 60.0 Å². The highest BCUT2D eigenvalue weighted by Crippen LogP contribution is 2.37. The Morgan fingerprint density at radius 2 is 2.00 bits per heavy atom. The number of benzene rings is 1. The lowest BCUT2D eigenvalue weighted by Gasteiger charge is -2.09. The molecule has 1 aromatic rings. The van der Waals surface area contributed by atoms with Crippen LogP contribution in [0.4, 0.5) is 0 Å². The summed E-state index contributed by atoms with van der Waals surface area (Å²) in [5.74, 6) is 1.55. The zero-order chi connectivity index (χ0) is 14.4. The molecule has 1 aliphatic rings. The minimum absolute atomic E-state index is 0.224. The lowest BCUT2D eigenvalue weighted by Crippen LogP contribution is -2.15. The van der Waals surface area contributed by atoms with Crippen LogP contribution in [0.5, 0.6) is 17.2 Å². The summed E-state index contributed by atoms with van der Waals surface area (Å²) in [5, 5.41) is 13.2. The molecule has 1 aliphatic heterocycles. The quantitative estimate of drug-likeness (QED) is 0.717. The van der Waals surface area contributed by atoms with Crippen LogP contribution in [-0.2, 0) is 11.3 Å². The van der Waals surface area contributed by atoms with E-state index >= 15 is 0 Å². The van der Waals surface area contributed by atoms with Crippen molar-refractivity contribution < 1.29 is 19.3 Å². The monoisotopic (exact) mass is 281 g/mol. The molecule has 0 atom stereocenters. The molecule has 2 rings (SSSR count). The summed E-state index contributed by atoms with van der Waals surface area (Å²) >= 11 is 0. The van der Waals surface area contributed by atoms with Gasteiger partial charge in [0.15, 0.2) is 11.5 Å². The number of hydrogen-bond acceptors (Lipinski definition) is 5. The summed E-state index contributed by atoms with van der Waals surface area (Å²) in [5.41, 5.74) is 0.827. The fraction of sp³-hybridized carbons (Fsp3) is 0.600. The SMILES string of the molecule is CC(C)OCCCCNCc1cc2c(cc1O)OCO2. The van der Waals surface area contributed by atoms with E-state index in [1.54, 1.807) is 6.07 Å². The molecule has 20 heavy (non-hydrogen) atoms. The third-order valence-electron chi connectivity index (χ3n) is 3.09. The van der Waals surface area contributed by atoms with Crippen molar-refractivity contribution in [2.24, 2.45) is 0 Å². The Bertz CT molecular complexity index is 434. The van der Waals surface area contributed by atoms with Crippen LogP contribution in [0.1, 0.15) is 32.3 Å². The Kier molecular flexibility index (Phi) is 5.49. The van der Waals surface area contributed by atoms with Gasteiger partial charge in [-0.05, 0) is 39.3 Å². The van der Waals surface area contributed by atoms with Gasteiger partial charge in [-0.2, -0.15) is 0 Å². The summed E-state index contributed by atoms with van der Waals surface area (Å²) in [6.07, 6.45) is 2.39. The third kappa shape index (κ3) is 4.28. The lowest BCUT2D eigenvalue weighted by atomic mass is 10.1. The number of rotatable bonds is 8. The summed E-state index contributed by atoms with van der Waals surface area (Å²) in [6.45, 7) is 6.63. The predicted molar refractivity (Wildman–Crippen MR) is 76.3 cm³/mol. The first-order chi connectivity index (χ1) is 9.66. The summed E-state index contributed by atoms with van der Waals surface area (Å²) in [7, 11) is 0. The first-order valence-corrected chi connectivity index (χ1v) is 7.10. The van der Waals surface area contributed by atoms with Crippen LogP contribution in [0.2, 0.25) is 0 Å². The fourth-order valence-corrected chi connectivity index (χ4v) is 2.01. The second-order valence-electron chi connectivity index (χ2n) is 5.14. The highest BCUT2D eigenvalue weighted by molar-refractivity contribution is 5.51. The Morgan fingerprint density at radius 1 is 1.25 bits per heavy atom. The van der Waals surface area contributed by atoms with Crippen LogP contribution in [0.3, 0.4) is 0 Å². The van der Waals surface area contributed by atoms with Gasteiger partial charge >= 0.3 is 0 Å². The molecule has 5 nitrogen and oxygen atoms in total. The summed E-state index contributed by atoms with van der Waals surface area (Å²) in [4.78, 5) is 0. The third-order valence-corrected chi connectivity index (χ3v) is 3.09.